The monoisotopic (exact) mass is 337 g/mol. The molecule has 1 unspecified atom stereocenters. The summed E-state index contributed by atoms with van der Waals surface area (Å²) in [6, 6.07) is 8.90. The van der Waals surface area contributed by atoms with E-state index in [0.717, 1.165) is 11.4 Å². The van der Waals surface area contributed by atoms with Crippen molar-refractivity contribution in [2.75, 3.05) is 14.1 Å². The highest BCUT2D eigenvalue weighted by Gasteiger charge is 2.29. The second-order valence-electron chi connectivity index (χ2n) is 4.74. The molecule has 0 saturated heterocycles. The van der Waals surface area contributed by atoms with Crippen LogP contribution in [0.5, 0.6) is 0 Å². The fraction of sp³-hybridized carbons (Fsp3) is 0.286. The highest BCUT2D eigenvalue weighted by molar-refractivity contribution is 9.10. The van der Waals surface area contributed by atoms with E-state index in [1.165, 1.54) is 0 Å². The van der Waals surface area contributed by atoms with Crippen molar-refractivity contribution in [2.45, 2.75) is 6.04 Å². The molecule has 0 bridgehead atoms. The predicted octanol–water partition coefficient (Wildman–Crippen LogP) is 2.54. The van der Waals surface area contributed by atoms with Gasteiger partial charge in [0.25, 0.3) is 0 Å². The molecule has 20 heavy (non-hydrogen) atoms. The van der Waals surface area contributed by atoms with Gasteiger partial charge in [-0.3, -0.25) is 9.69 Å². The molecule has 0 aliphatic carbocycles. The third kappa shape index (κ3) is 2.62. The smallest absolute Gasteiger partial charge is 0.327 e. The van der Waals surface area contributed by atoms with Gasteiger partial charge in [0.2, 0.25) is 0 Å². The van der Waals surface area contributed by atoms with Gasteiger partial charge in [-0.25, -0.2) is 4.98 Å². The molecule has 2 aromatic rings. The summed E-state index contributed by atoms with van der Waals surface area (Å²) < 4.78 is 2.53. The predicted molar refractivity (Wildman–Crippen MR) is 80.4 cm³/mol. The van der Waals surface area contributed by atoms with Gasteiger partial charge >= 0.3 is 5.97 Å². The lowest BCUT2D eigenvalue weighted by atomic mass is 10.2. The van der Waals surface area contributed by atoms with Crippen molar-refractivity contribution in [3.05, 3.63) is 40.6 Å². The number of rotatable bonds is 4. The highest BCUT2D eigenvalue weighted by atomic mass is 79.9. The fourth-order valence-electron chi connectivity index (χ4n) is 2.10. The van der Waals surface area contributed by atoms with E-state index < -0.39 is 12.0 Å². The lowest BCUT2D eigenvalue weighted by molar-refractivity contribution is -0.142. The minimum Gasteiger partial charge on any atom is -0.480 e. The van der Waals surface area contributed by atoms with Gasteiger partial charge in [0, 0.05) is 12.6 Å². The van der Waals surface area contributed by atoms with Crippen LogP contribution in [0.15, 0.2) is 34.9 Å². The SMILES string of the molecule is CN(C)C(C(=O)O)c1nc(-c2ccccc2)n(C)c1Br. The number of hydrogen-bond donors (Lipinski definition) is 1. The molecular formula is C14H16BrN3O2. The van der Waals surface area contributed by atoms with Crippen molar-refractivity contribution in [2.24, 2.45) is 7.05 Å². The summed E-state index contributed by atoms with van der Waals surface area (Å²) in [4.78, 5) is 17.6. The third-order valence-corrected chi connectivity index (χ3v) is 4.03. The number of benzene rings is 1. The van der Waals surface area contributed by atoms with E-state index in [9.17, 15) is 9.90 Å². The summed E-state index contributed by atoms with van der Waals surface area (Å²) in [6.07, 6.45) is 0. The molecule has 0 fully saturated rings. The minimum atomic E-state index is -0.923. The standard InChI is InChI=1S/C14H16BrN3O2/c1-17(2)11(14(19)20)10-12(15)18(3)13(16-10)9-7-5-4-6-8-9/h4-8,11H,1-3H3,(H,19,20). The Morgan fingerprint density at radius 2 is 1.95 bits per heavy atom. The van der Waals surface area contributed by atoms with E-state index in [1.54, 1.807) is 19.0 Å². The second-order valence-corrected chi connectivity index (χ2v) is 5.49. The summed E-state index contributed by atoms with van der Waals surface area (Å²) >= 11 is 3.45. The van der Waals surface area contributed by atoms with Gasteiger partial charge in [0.15, 0.2) is 6.04 Å². The molecule has 1 atom stereocenters. The molecule has 6 heteroatoms. The number of halogens is 1. The van der Waals surface area contributed by atoms with Crippen LogP contribution in [-0.2, 0) is 11.8 Å². The van der Waals surface area contributed by atoms with Crippen LogP contribution in [-0.4, -0.2) is 39.6 Å². The Morgan fingerprint density at radius 3 is 2.45 bits per heavy atom. The van der Waals surface area contributed by atoms with Crippen molar-refractivity contribution in [3.63, 3.8) is 0 Å². The first-order chi connectivity index (χ1) is 9.43. The summed E-state index contributed by atoms with van der Waals surface area (Å²) in [7, 11) is 5.31. The first-order valence-corrected chi connectivity index (χ1v) is 6.89. The van der Waals surface area contributed by atoms with Gasteiger partial charge in [-0.1, -0.05) is 30.3 Å². The van der Waals surface area contributed by atoms with E-state index >= 15 is 0 Å². The largest absolute Gasteiger partial charge is 0.480 e. The Labute approximate surface area is 126 Å². The van der Waals surface area contributed by atoms with Crippen molar-refractivity contribution in [3.8, 4) is 11.4 Å². The second kappa shape index (κ2) is 5.76. The Kier molecular flexibility index (Phi) is 4.25. The molecule has 2 rings (SSSR count). The summed E-state index contributed by atoms with van der Waals surface area (Å²) in [5.41, 5.74) is 1.45. The van der Waals surface area contributed by atoms with Crippen molar-refractivity contribution >= 4 is 21.9 Å². The van der Waals surface area contributed by atoms with Crippen LogP contribution in [0.25, 0.3) is 11.4 Å². The minimum absolute atomic E-state index is 0.504. The molecule has 5 nitrogen and oxygen atoms in total. The molecule has 0 aliphatic rings. The van der Waals surface area contributed by atoms with Gasteiger partial charge in [0.1, 0.15) is 16.1 Å². The molecular weight excluding hydrogens is 322 g/mol. The lowest BCUT2D eigenvalue weighted by Crippen LogP contribution is -2.28. The van der Waals surface area contributed by atoms with Crippen molar-refractivity contribution < 1.29 is 9.90 Å². The third-order valence-electron chi connectivity index (χ3n) is 3.09. The Bertz CT molecular complexity index is 623. The van der Waals surface area contributed by atoms with E-state index in [-0.39, 0.29) is 0 Å². The zero-order valence-electron chi connectivity index (χ0n) is 11.5. The van der Waals surface area contributed by atoms with E-state index in [4.69, 9.17) is 0 Å². The number of aromatic nitrogens is 2. The quantitative estimate of drug-likeness (QED) is 0.931. The molecule has 0 saturated carbocycles. The molecule has 0 spiro atoms. The summed E-state index contributed by atoms with van der Waals surface area (Å²) in [6.45, 7) is 0. The maximum Gasteiger partial charge on any atom is 0.327 e. The first kappa shape index (κ1) is 14.7. The Hall–Kier alpha value is -1.66. The molecule has 1 aromatic carbocycles. The van der Waals surface area contributed by atoms with Gasteiger partial charge < -0.3 is 9.67 Å². The average molecular weight is 338 g/mol. The molecule has 106 valence electrons. The molecule has 1 N–H and O–H groups in total. The number of carboxylic acid groups (broad SMARTS) is 1. The lowest BCUT2D eigenvalue weighted by Gasteiger charge is -2.18. The van der Waals surface area contributed by atoms with Crippen molar-refractivity contribution in [1.29, 1.82) is 0 Å². The topological polar surface area (TPSA) is 58.4 Å². The summed E-state index contributed by atoms with van der Waals surface area (Å²) in [5.74, 6) is -0.186. The average Bonchev–Trinajstić information content (AvgIpc) is 2.68. The summed E-state index contributed by atoms with van der Waals surface area (Å²) in [5, 5.41) is 9.38. The van der Waals surface area contributed by atoms with Gasteiger partial charge in [0.05, 0.1) is 0 Å². The van der Waals surface area contributed by atoms with E-state index in [0.29, 0.717) is 10.3 Å². The van der Waals surface area contributed by atoms with Crippen LogP contribution in [0, 0.1) is 0 Å². The van der Waals surface area contributed by atoms with Crippen LogP contribution in [0.1, 0.15) is 11.7 Å². The molecule has 1 heterocycles. The molecule has 0 amide bonds. The zero-order valence-corrected chi connectivity index (χ0v) is 13.1. The van der Waals surface area contributed by atoms with Crippen LogP contribution >= 0.6 is 15.9 Å². The zero-order chi connectivity index (χ0) is 14.9. The van der Waals surface area contributed by atoms with Crippen molar-refractivity contribution in [1.82, 2.24) is 14.5 Å². The molecule has 0 radical (unpaired) electrons. The molecule has 0 aliphatic heterocycles. The van der Waals surface area contributed by atoms with Crippen LogP contribution in [0.4, 0.5) is 0 Å². The Balaban J connectivity index is 2.55. The van der Waals surface area contributed by atoms with Gasteiger partial charge in [-0.05, 0) is 30.0 Å². The number of carbonyl (C=O) groups is 1. The van der Waals surface area contributed by atoms with Crippen LogP contribution < -0.4 is 0 Å². The number of imidazole rings is 1. The number of aliphatic carboxylic acids is 1. The molecule has 1 aromatic heterocycles. The van der Waals surface area contributed by atoms with Gasteiger partial charge in [-0.2, -0.15) is 0 Å². The fourth-order valence-corrected chi connectivity index (χ4v) is 2.58. The van der Waals surface area contributed by atoms with E-state index in [1.807, 2.05) is 41.9 Å². The van der Waals surface area contributed by atoms with E-state index in [2.05, 4.69) is 20.9 Å². The number of nitrogens with zero attached hydrogens (tertiary/aromatic N) is 3. The first-order valence-electron chi connectivity index (χ1n) is 6.10. The number of hydrogen-bond acceptors (Lipinski definition) is 3. The Morgan fingerprint density at radius 1 is 1.35 bits per heavy atom. The highest BCUT2D eigenvalue weighted by Crippen LogP contribution is 2.30. The van der Waals surface area contributed by atoms with Crippen LogP contribution in [0.3, 0.4) is 0 Å². The normalized spacial score (nSPS) is 12.7. The maximum absolute atomic E-state index is 11.4. The van der Waals surface area contributed by atoms with Crippen LogP contribution in [0.2, 0.25) is 0 Å². The number of likely N-dealkylation sites (N-methyl/N-ethyl adjacent to an activating group) is 1. The number of carboxylic acids is 1. The van der Waals surface area contributed by atoms with Gasteiger partial charge in [-0.15, -0.1) is 0 Å². The maximum atomic E-state index is 11.4.